The molecule has 16 heavy (non-hydrogen) atoms. The minimum absolute atomic E-state index is 0. The monoisotopic (exact) mass is 244 g/mol. The number of nitrogens with two attached hydrogens (primary N) is 1. The zero-order chi connectivity index (χ0) is 10.7. The molecule has 1 saturated heterocycles. The Morgan fingerprint density at radius 1 is 1.25 bits per heavy atom. The van der Waals surface area contributed by atoms with Crippen LogP contribution < -0.4 is 5.73 Å². The summed E-state index contributed by atoms with van der Waals surface area (Å²) < 4.78 is 12.2. The third-order valence-corrected chi connectivity index (χ3v) is 3.07. The Labute approximate surface area is 102 Å². The molecule has 1 aliphatic rings. The van der Waals surface area contributed by atoms with E-state index >= 15 is 0 Å². The van der Waals surface area contributed by atoms with Crippen LogP contribution in [0.2, 0.25) is 0 Å². The normalized spacial score (nSPS) is 25.4. The average Bonchev–Trinajstić information content (AvgIpc) is 2.61. The molecule has 1 aromatic rings. The van der Waals surface area contributed by atoms with Gasteiger partial charge in [-0.05, 0) is 5.56 Å². The quantitative estimate of drug-likeness (QED) is 0.879. The Morgan fingerprint density at radius 2 is 1.94 bits per heavy atom. The number of hydrogen-bond donors (Lipinski definition) is 1. The first-order valence-electron chi connectivity index (χ1n) is 5.40. The molecule has 1 heterocycles. The van der Waals surface area contributed by atoms with E-state index in [4.69, 9.17) is 5.73 Å². The summed E-state index contributed by atoms with van der Waals surface area (Å²) >= 11 is 0. The number of nitrogens with zero attached hydrogens (tertiary/aromatic N) is 1. The van der Waals surface area contributed by atoms with Crippen LogP contribution >= 0.6 is 12.4 Å². The lowest BCUT2D eigenvalue weighted by Gasteiger charge is -2.14. The smallest absolute Gasteiger partial charge is 0.102 e. The lowest BCUT2D eigenvalue weighted by Crippen LogP contribution is -2.29. The van der Waals surface area contributed by atoms with Gasteiger partial charge in [-0.15, -0.1) is 12.4 Å². The van der Waals surface area contributed by atoms with Gasteiger partial charge in [-0.1, -0.05) is 30.3 Å². The van der Waals surface area contributed by atoms with Crippen molar-refractivity contribution in [2.24, 2.45) is 5.73 Å². The third-order valence-electron chi connectivity index (χ3n) is 3.07. The number of rotatable bonds is 3. The number of benzene rings is 1. The minimum Gasteiger partial charge on any atom is -0.326 e. The van der Waals surface area contributed by atoms with Crippen molar-refractivity contribution >= 4 is 12.4 Å². The molecule has 4 heteroatoms. The van der Waals surface area contributed by atoms with Crippen LogP contribution in [0.5, 0.6) is 0 Å². The van der Waals surface area contributed by atoms with Crippen molar-refractivity contribution in [2.75, 3.05) is 26.3 Å². The zero-order valence-corrected chi connectivity index (χ0v) is 10.00. The fraction of sp³-hybridized carbons (Fsp3) is 0.500. The van der Waals surface area contributed by atoms with Gasteiger partial charge in [0.2, 0.25) is 0 Å². The van der Waals surface area contributed by atoms with Crippen LogP contribution in [0.1, 0.15) is 11.5 Å². The topological polar surface area (TPSA) is 29.3 Å². The lowest BCUT2D eigenvalue weighted by atomic mass is 9.95. The second-order valence-corrected chi connectivity index (χ2v) is 4.13. The summed E-state index contributed by atoms with van der Waals surface area (Å²) in [6.45, 7) is 1.92. The molecule has 2 nitrogen and oxygen atoms in total. The first kappa shape index (κ1) is 13.4. The molecule has 1 aliphatic heterocycles. The standard InChI is InChI=1S/C12H17FN2.ClH/c13-6-7-15-8-11(12(14)9-15)10-4-2-1-3-5-10;/h1-5,11-12H,6-9,14H2;1H/t11-,12+;/m0./s1. The van der Waals surface area contributed by atoms with Gasteiger partial charge in [0.15, 0.2) is 0 Å². The molecule has 2 rings (SSSR count). The molecular formula is C12H18ClFN2. The van der Waals surface area contributed by atoms with E-state index in [1.807, 2.05) is 18.2 Å². The first-order valence-corrected chi connectivity index (χ1v) is 5.40. The third kappa shape index (κ3) is 2.94. The second kappa shape index (κ2) is 6.18. The summed E-state index contributed by atoms with van der Waals surface area (Å²) in [5.41, 5.74) is 7.34. The molecule has 0 bridgehead atoms. The summed E-state index contributed by atoms with van der Waals surface area (Å²) in [5, 5.41) is 0. The Morgan fingerprint density at radius 3 is 2.56 bits per heavy atom. The highest BCUT2D eigenvalue weighted by Crippen LogP contribution is 2.25. The predicted octanol–water partition coefficient (Wildman–Crippen LogP) is 1.80. The van der Waals surface area contributed by atoms with Gasteiger partial charge in [0.25, 0.3) is 0 Å². The molecule has 1 fully saturated rings. The zero-order valence-electron chi connectivity index (χ0n) is 9.18. The predicted molar refractivity (Wildman–Crippen MR) is 66.8 cm³/mol. The van der Waals surface area contributed by atoms with Crippen molar-refractivity contribution < 1.29 is 4.39 Å². The fourth-order valence-corrected chi connectivity index (χ4v) is 2.27. The molecule has 0 spiro atoms. The van der Waals surface area contributed by atoms with Gasteiger partial charge >= 0.3 is 0 Å². The van der Waals surface area contributed by atoms with Gasteiger partial charge in [0.1, 0.15) is 6.67 Å². The van der Waals surface area contributed by atoms with E-state index in [1.54, 1.807) is 0 Å². The van der Waals surface area contributed by atoms with Gasteiger partial charge in [-0.3, -0.25) is 4.90 Å². The average molecular weight is 245 g/mol. The molecule has 0 amide bonds. The molecule has 0 aromatic heterocycles. The Kier molecular flexibility index (Phi) is 5.19. The van der Waals surface area contributed by atoms with Gasteiger partial charge < -0.3 is 5.73 Å². The molecule has 2 N–H and O–H groups in total. The van der Waals surface area contributed by atoms with E-state index < -0.39 is 0 Å². The summed E-state index contributed by atoms with van der Waals surface area (Å²) in [5.74, 6) is 0.359. The Balaban J connectivity index is 0.00000128. The van der Waals surface area contributed by atoms with E-state index in [1.165, 1.54) is 5.56 Å². The first-order chi connectivity index (χ1) is 7.31. The maximum atomic E-state index is 12.2. The van der Waals surface area contributed by atoms with Crippen molar-refractivity contribution in [3.05, 3.63) is 35.9 Å². The van der Waals surface area contributed by atoms with Crippen LogP contribution in [0.4, 0.5) is 4.39 Å². The number of halogens is 2. The van der Waals surface area contributed by atoms with E-state index in [9.17, 15) is 4.39 Å². The maximum Gasteiger partial charge on any atom is 0.102 e. The molecule has 2 atom stereocenters. The number of likely N-dealkylation sites (tertiary alicyclic amines) is 1. The van der Waals surface area contributed by atoms with Crippen LogP contribution in [0.15, 0.2) is 30.3 Å². The van der Waals surface area contributed by atoms with Crippen molar-refractivity contribution in [2.45, 2.75) is 12.0 Å². The summed E-state index contributed by atoms with van der Waals surface area (Å²) in [6, 6.07) is 10.4. The Bertz CT molecular complexity index is 307. The van der Waals surface area contributed by atoms with Gasteiger partial charge in [0, 0.05) is 31.6 Å². The van der Waals surface area contributed by atoms with Gasteiger partial charge in [-0.2, -0.15) is 0 Å². The highest BCUT2D eigenvalue weighted by molar-refractivity contribution is 5.85. The number of alkyl halides is 1. The molecular weight excluding hydrogens is 227 g/mol. The summed E-state index contributed by atoms with van der Waals surface area (Å²) in [4.78, 5) is 2.10. The fourth-order valence-electron chi connectivity index (χ4n) is 2.27. The van der Waals surface area contributed by atoms with E-state index in [2.05, 4.69) is 17.0 Å². The highest BCUT2D eigenvalue weighted by atomic mass is 35.5. The minimum atomic E-state index is -0.284. The van der Waals surface area contributed by atoms with Crippen LogP contribution in [0, 0.1) is 0 Å². The van der Waals surface area contributed by atoms with Crippen LogP contribution in [-0.4, -0.2) is 37.3 Å². The Hall–Kier alpha value is -0.640. The van der Waals surface area contributed by atoms with Crippen molar-refractivity contribution in [1.29, 1.82) is 0 Å². The van der Waals surface area contributed by atoms with E-state index in [0.717, 1.165) is 13.1 Å². The van der Waals surface area contributed by atoms with Crippen molar-refractivity contribution in [3.8, 4) is 0 Å². The molecule has 0 aliphatic carbocycles. The van der Waals surface area contributed by atoms with Crippen LogP contribution in [0.3, 0.4) is 0 Å². The molecule has 90 valence electrons. The summed E-state index contributed by atoms with van der Waals surface area (Å²) in [7, 11) is 0. The molecule has 0 unspecified atom stereocenters. The largest absolute Gasteiger partial charge is 0.326 e. The maximum absolute atomic E-state index is 12.2. The second-order valence-electron chi connectivity index (χ2n) is 4.13. The lowest BCUT2D eigenvalue weighted by molar-refractivity contribution is 0.292. The van der Waals surface area contributed by atoms with Gasteiger partial charge in [-0.25, -0.2) is 4.39 Å². The highest BCUT2D eigenvalue weighted by Gasteiger charge is 2.30. The van der Waals surface area contributed by atoms with Crippen molar-refractivity contribution in [3.63, 3.8) is 0 Å². The number of hydrogen-bond acceptors (Lipinski definition) is 2. The van der Waals surface area contributed by atoms with E-state index in [0.29, 0.717) is 12.5 Å². The molecule has 1 aromatic carbocycles. The molecule has 0 saturated carbocycles. The summed E-state index contributed by atoms with van der Waals surface area (Å²) in [6.07, 6.45) is 0. The molecule has 0 radical (unpaired) electrons. The van der Waals surface area contributed by atoms with Crippen LogP contribution in [-0.2, 0) is 0 Å². The van der Waals surface area contributed by atoms with E-state index in [-0.39, 0.29) is 25.1 Å². The van der Waals surface area contributed by atoms with Gasteiger partial charge in [0.05, 0.1) is 0 Å². The van der Waals surface area contributed by atoms with Crippen molar-refractivity contribution in [1.82, 2.24) is 4.90 Å². The van der Waals surface area contributed by atoms with Crippen LogP contribution in [0.25, 0.3) is 0 Å². The SMILES string of the molecule is Cl.N[C@@H]1CN(CCF)C[C@H]1c1ccccc1.